The van der Waals surface area contributed by atoms with Crippen molar-refractivity contribution in [2.24, 2.45) is 5.41 Å². The number of methoxy groups -OCH3 is 1. The quantitative estimate of drug-likeness (QED) is 0.870. The SMILES string of the molecule is COc1ccc(N2CC[C@@](C)(C(=N)c3ccccc3C)C2=O)cc1. The number of carbonyl (C=O) groups is 1. The highest BCUT2D eigenvalue weighted by Gasteiger charge is 2.47. The number of nitrogens with zero attached hydrogens (tertiary/aromatic N) is 1. The van der Waals surface area contributed by atoms with Crippen molar-refractivity contribution in [3.63, 3.8) is 0 Å². The lowest BCUT2D eigenvalue weighted by atomic mass is 9.79. The monoisotopic (exact) mass is 322 g/mol. The van der Waals surface area contributed by atoms with E-state index in [2.05, 4.69) is 0 Å². The third kappa shape index (κ3) is 2.58. The van der Waals surface area contributed by atoms with E-state index in [0.717, 1.165) is 22.6 Å². The number of aryl methyl sites for hydroxylation is 1. The minimum atomic E-state index is -0.786. The standard InChI is InChI=1S/C20H22N2O2/c1-14-6-4-5-7-17(14)18(21)20(2)12-13-22(19(20)23)15-8-10-16(24-3)11-9-15/h4-11,21H,12-13H2,1-3H3/t20-/m0/s1. The maximum absolute atomic E-state index is 13.1. The first kappa shape index (κ1) is 16.2. The molecular weight excluding hydrogens is 300 g/mol. The van der Waals surface area contributed by atoms with Gasteiger partial charge in [0, 0.05) is 12.2 Å². The molecule has 2 aromatic rings. The Balaban J connectivity index is 1.89. The van der Waals surface area contributed by atoms with Gasteiger partial charge in [-0.3, -0.25) is 4.79 Å². The molecule has 0 bridgehead atoms. The molecule has 4 nitrogen and oxygen atoms in total. The second-order valence-electron chi connectivity index (χ2n) is 6.43. The highest BCUT2D eigenvalue weighted by molar-refractivity contribution is 6.20. The molecule has 124 valence electrons. The molecule has 1 aliphatic rings. The number of carbonyl (C=O) groups excluding carboxylic acids is 1. The topological polar surface area (TPSA) is 53.4 Å². The molecule has 1 N–H and O–H groups in total. The van der Waals surface area contributed by atoms with E-state index < -0.39 is 5.41 Å². The Morgan fingerprint density at radius 2 is 1.83 bits per heavy atom. The summed E-state index contributed by atoms with van der Waals surface area (Å²) in [6.45, 7) is 4.48. The van der Waals surface area contributed by atoms with E-state index in [-0.39, 0.29) is 5.91 Å². The van der Waals surface area contributed by atoms with Crippen LogP contribution >= 0.6 is 0 Å². The van der Waals surface area contributed by atoms with Crippen LogP contribution in [-0.2, 0) is 4.79 Å². The summed E-state index contributed by atoms with van der Waals surface area (Å²) in [6.07, 6.45) is 0.644. The highest BCUT2D eigenvalue weighted by atomic mass is 16.5. The van der Waals surface area contributed by atoms with Crippen LogP contribution in [0.25, 0.3) is 0 Å². The van der Waals surface area contributed by atoms with E-state index in [9.17, 15) is 4.79 Å². The Bertz CT molecular complexity index is 782. The van der Waals surface area contributed by atoms with Crippen LogP contribution in [0.2, 0.25) is 0 Å². The normalized spacial score (nSPS) is 20.3. The molecule has 0 aromatic heterocycles. The van der Waals surface area contributed by atoms with Crippen molar-refractivity contribution in [1.82, 2.24) is 0 Å². The molecule has 3 rings (SSSR count). The summed E-state index contributed by atoms with van der Waals surface area (Å²) in [5.74, 6) is 0.752. The van der Waals surface area contributed by atoms with Crippen LogP contribution in [0.1, 0.15) is 24.5 Å². The number of ether oxygens (including phenoxy) is 1. The first-order valence-electron chi connectivity index (χ1n) is 8.08. The predicted octanol–water partition coefficient (Wildman–Crippen LogP) is 3.81. The van der Waals surface area contributed by atoms with Gasteiger partial charge in [-0.05, 0) is 55.7 Å². The average molecular weight is 322 g/mol. The van der Waals surface area contributed by atoms with Crippen LogP contribution in [0.3, 0.4) is 0 Å². The van der Waals surface area contributed by atoms with Crippen molar-refractivity contribution in [3.8, 4) is 5.75 Å². The molecule has 2 aromatic carbocycles. The zero-order chi connectivity index (χ0) is 17.3. The molecule has 24 heavy (non-hydrogen) atoms. The second-order valence-corrected chi connectivity index (χ2v) is 6.43. The highest BCUT2D eigenvalue weighted by Crippen LogP contribution is 2.38. The molecule has 1 amide bonds. The molecule has 0 saturated carbocycles. The van der Waals surface area contributed by atoms with E-state index in [1.54, 1.807) is 12.0 Å². The van der Waals surface area contributed by atoms with Gasteiger partial charge in [0.05, 0.1) is 18.2 Å². The number of amides is 1. The van der Waals surface area contributed by atoms with Gasteiger partial charge in [-0.1, -0.05) is 24.3 Å². The fourth-order valence-corrected chi connectivity index (χ4v) is 3.23. The molecule has 0 unspecified atom stereocenters. The maximum atomic E-state index is 13.1. The molecule has 4 heteroatoms. The first-order valence-corrected chi connectivity index (χ1v) is 8.08. The Morgan fingerprint density at radius 1 is 1.17 bits per heavy atom. The molecule has 1 fully saturated rings. The summed E-state index contributed by atoms with van der Waals surface area (Å²) < 4.78 is 5.17. The number of hydrogen-bond acceptors (Lipinski definition) is 3. The average Bonchev–Trinajstić information content (AvgIpc) is 2.91. The molecule has 1 heterocycles. The zero-order valence-corrected chi connectivity index (χ0v) is 14.3. The van der Waals surface area contributed by atoms with Crippen molar-refractivity contribution >= 4 is 17.3 Å². The summed E-state index contributed by atoms with van der Waals surface area (Å²) in [4.78, 5) is 14.8. The van der Waals surface area contributed by atoms with Gasteiger partial charge in [0.1, 0.15) is 5.75 Å². The molecule has 0 aliphatic carbocycles. The smallest absolute Gasteiger partial charge is 0.239 e. The van der Waals surface area contributed by atoms with Crippen LogP contribution in [-0.4, -0.2) is 25.3 Å². The van der Waals surface area contributed by atoms with E-state index in [1.165, 1.54) is 0 Å². The fraction of sp³-hybridized carbons (Fsp3) is 0.300. The largest absolute Gasteiger partial charge is 0.497 e. The van der Waals surface area contributed by atoms with Crippen LogP contribution in [0.4, 0.5) is 5.69 Å². The molecular formula is C20H22N2O2. The van der Waals surface area contributed by atoms with Crippen molar-refractivity contribution in [2.45, 2.75) is 20.3 Å². The van der Waals surface area contributed by atoms with Crippen LogP contribution in [0.5, 0.6) is 5.75 Å². The van der Waals surface area contributed by atoms with Gasteiger partial charge in [0.15, 0.2) is 0 Å². The van der Waals surface area contributed by atoms with E-state index in [1.807, 2.05) is 62.4 Å². The van der Waals surface area contributed by atoms with Crippen molar-refractivity contribution in [3.05, 3.63) is 59.7 Å². The lowest BCUT2D eigenvalue weighted by Crippen LogP contribution is -2.38. The lowest BCUT2D eigenvalue weighted by Gasteiger charge is -2.25. The van der Waals surface area contributed by atoms with Gasteiger partial charge in [-0.15, -0.1) is 0 Å². The van der Waals surface area contributed by atoms with Gasteiger partial charge in [0.2, 0.25) is 5.91 Å². The first-order chi connectivity index (χ1) is 11.5. The predicted molar refractivity (Wildman–Crippen MR) is 96.1 cm³/mol. The summed E-state index contributed by atoms with van der Waals surface area (Å²) in [5.41, 5.74) is 2.35. The van der Waals surface area contributed by atoms with Crippen molar-refractivity contribution in [1.29, 1.82) is 5.41 Å². The van der Waals surface area contributed by atoms with Gasteiger partial charge < -0.3 is 15.0 Å². The Kier molecular flexibility index (Phi) is 4.14. The summed E-state index contributed by atoms with van der Waals surface area (Å²) in [7, 11) is 1.62. The second kappa shape index (κ2) is 6.11. The van der Waals surface area contributed by atoms with Gasteiger partial charge in [0.25, 0.3) is 0 Å². The molecule has 0 radical (unpaired) electrons. The summed E-state index contributed by atoms with van der Waals surface area (Å²) >= 11 is 0. The number of nitrogens with one attached hydrogen (secondary N) is 1. The molecule has 1 atom stereocenters. The van der Waals surface area contributed by atoms with Crippen LogP contribution in [0.15, 0.2) is 48.5 Å². The molecule has 1 aliphatic heterocycles. The summed E-state index contributed by atoms with van der Waals surface area (Å²) in [5, 5.41) is 8.64. The zero-order valence-electron chi connectivity index (χ0n) is 14.3. The third-order valence-electron chi connectivity index (χ3n) is 4.90. The molecule has 1 saturated heterocycles. The van der Waals surface area contributed by atoms with Crippen LogP contribution < -0.4 is 9.64 Å². The fourth-order valence-electron chi connectivity index (χ4n) is 3.23. The lowest BCUT2D eigenvalue weighted by molar-refractivity contribution is -0.121. The van der Waals surface area contributed by atoms with Gasteiger partial charge >= 0.3 is 0 Å². The number of benzene rings is 2. The molecule has 0 spiro atoms. The van der Waals surface area contributed by atoms with Gasteiger partial charge in [-0.2, -0.15) is 0 Å². The summed E-state index contributed by atoms with van der Waals surface area (Å²) in [6, 6.07) is 15.3. The van der Waals surface area contributed by atoms with Crippen LogP contribution in [0, 0.1) is 17.7 Å². The van der Waals surface area contributed by atoms with Gasteiger partial charge in [-0.25, -0.2) is 0 Å². The van der Waals surface area contributed by atoms with E-state index in [0.29, 0.717) is 18.7 Å². The van der Waals surface area contributed by atoms with Crippen molar-refractivity contribution < 1.29 is 9.53 Å². The minimum Gasteiger partial charge on any atom is -0.497 e. The Hall–Kier alpha value is -2.62. The van der Waals surface area contributed by atoms with E-state index in [4.69, 9.17) is 10.1 Å². The van der Waals surface area contributed by atoms with Crippen molar-refractivity contribution in [2.75, 3.05) is 18.6 Å². The Morgan fingerprint density at radius 3 is 2.46 bits per heavy atom. The Labute approximate surface area is 142 Å². The third-order valence-corrected chi connectivity index (χ3v) is 4.90. The number of rotatable bonds is 4. The minimum absolute atomic E-state index is 0.0130. The number of anilines is 1. The number of hydrogen-bond donors (Lipinski definition) is 1. The maximum Gasteiger partial charge on any atom is 0.239 e. The van der Waals surface area contributed by atoms with E-state index >= 15 is 0 Å².